The Balaban J connectivity index is 1.92. The van der Waals surface area contributed by atoms with Gasteiger partial charge in [0.25, 0.3) is 0 Å². The molecule has 0 atom stereocenters. The molecule has 0 saturated heterocycles. The summed E-state index contributed by atoms with van der Waals surface area (Å²) >= 11 is 5.71. The summed E-state index contributed by atoms with van der Waals surface area (Å²) in [5, 5.41) is 13.0. The standard InChI is InChI=1S/C15H15ClFNO2/c1-20-15-5-3-11(7-14(15)19)9-18-8-10-2-4-13(17)12(16)6-10/h2-7,18-19H,8-9H2,1H3. The summed E-state index contributed by atoms with van der Waals surface area (Å²) in [7, 11) is 1.51. The van der Waals surface area contributed by atoms with E-state index in [0.29, 0.717) is 18.8 Å². The highest BCUT2D eigenvalue weighted by Gasteiger charge is 2.03. The number of ether oxygens (including phenoxy) is 1. The van der Waals surface area contributed by atoms with Crippen LogP contribution in [0, 0.1) is 5.82 Å². The van der Waals surface area contributed by atoms with Crippen LogP contribution in [0.2, 0.25) is 5.02 Å². The van der Waals surface area contributed by atoms with Crippen molar-refractivity contribution >= 4 is 11.6 Å². The molecule has 106 valence electrons. The Morgan fingerprint density at radius 2 is 1.80 bits per heavy atom. The molecule has 0 heterocycles. The number of phenols is 1. The first-order valence-electron chi connectivity index (χ1n) is 6.10. The molecule has 0 spiro atoms. The number of halogens is 2. The molecule has 0 unspecified atom stereocenters. The summed E-state index contributed by atoms with van der Waals surface area (Å²) in [6.07, 6.45) is 0. The van der Waals surface area contributed by atoms with Gasteiger partial charge in [0, 0.05) is 13.1 Å². The molecule has 0 aromatic heterocycles. The Bertz CT molecular complexity index is 604. The molecule has 3 nitrogen and oxygen atoms in total. The maximum absolute atomic E-state index is 13.0. The molecular weight excluding hydrogens is 281 g/mol. The minimum atomic E-state index is -0.421. The summed E-state index contributed by atoms with van der Waals surface area (Å²) in [6.45, 7) is 1.14. The summed E-state index contributed by atoms with van der Waals surface area (Å²) in [6, 6.07) is 9.83. The van der Waals surface area contributed by atoms with Crippen molar-refractivity contribution in [2.45, 2.75) is 13.1 Å². The van der Waals surface area contributed by atoms with Crippen molar-refractivity contribution in [1.82, 2.24) is 5.32 Å². The van der Waals surface area contributed by atoms with Gasteiger partial charge in [0.05, 0.1) is 12.1 Å². The van der Waals surface area contributed by atoms with Gasteiger partial charge in [0.1, 0.15) is 5.82 Å². The first kappa shape index (κ1) is 14.6. The van der Waals surface area contributed by atoms with Crippen molar-refractivity contribution in [3.05, 3.63) is 58.4 Å². The van der Waals surface area contributed by atoms with Crippen molar-refractivity contribution in [1.29, 1.82) is 0 Å². The minimum Gasteiger partial charge on any atom is -0.504 e. The Morgan fingerprint density at radius 3 is 2.40 bits per heavy atom. The van der Waals surface area contributed by atoms with Crippen LogP contribution in [-0.4, -0.2) is 12.2 Å². The zero-order chi connectivity index (χ0) is 14.5. The molecule has 2 N–H and O–H groups in total. The van der Waals surface area contributed by atoms with Gasteiger partial charge in [-0.15, -0.1) is 0 Å². The van der Waals surface area contributed by atoms with E-state index in [-0.39, 0.29) is 10.8 Å². The summed E-state index contributed by atoms with van der Waals surface area (Å²) in [5.74, 6) is 0.131. The molecule has 2 aromatic carbocycles. The topological polar surface area (TPSA) is 41.5 Å². The average molecular weight is 296 g/mol. The van der Waals surface area contributed by atoms with Gasteiger partial charge in [0.15, 0.2) is 11.5 Å². The van der Waals surface area contributed by atoms with Crippen LogP contribution >= 0.6 is 11.6 Å². The molecule has 0 amide bonds. The summed E-state index contributed by atoms with van der Waals surface area (Å²) < 4.78 is 18.0. The highest BCUT2D eigenvalue weighted by atomic mass is 35.5. The van der Waals surface area contributed by atoms with Gasteiger partial charge >= 0.3 is 0 Å². The van der Waals surface area contributed by atoms with Gasteiger partial charge in [-0.3, -0.25) is 0 Å². The third kappa shape index (κ3) is 3.62. The second-order valence-corrected chi connectivity index (χ2v) is 4.77. The number of hydrogen-bond donors (Lipinski definition) is 2. The largest absolute Gasteiger partial charge is 0.504 e. The van der Waals surface area contributed by atoms with Crippen LogP contribution < -0.4 is 10.1 Å². The molecule has 2 rings (SSSR count). The lowest BCUT2D eigenvalue weighted by Gasteiger charge is -2.08. The molecule has 0 aliphatic carbocycles. The lowest BCUT2D eigenvalue weighted by molar-refractivity contribution is 0.373. The van der Waals surface area contributed by atoms with Gasteiger partial charge in [0.2, 0.25) is 0 Å². The van der Waals surface area contributed by atoms with Crippen molar-refractivity contribution in [3.63, 3.8) is 0 Å². The lowest BCUT2D eigenvalue weighted by Crippen LogP contribution is -2.12. The predicted octanol–water partition coefficient (Wildman–Crippen LogP) is 3.48. The number of rotatable bonds is 5. The number of nitrogens with one attached hydrogen (secondary N) is 1. The van der Waals surface area contributed by atoms with Gasteiger partial charge in [-0.25, -0.2) is 4.39 Å². The Hall–Kier alpha value is -1.78. The van der Waals surface area contributed by atoms with Crippen LogP contribution in [0.1, 0.15) is 11.1 Å². The molecular formula is C15H15ClFNO2. The SMILES string of the molecule is COc1ccc(CNCc2ccc(F)c(Cl)c2)cc1O. The zero-order valence-corrected chi connectivity index (χ0v) is 11.7. The van der Waals surface area contributed by atoms with Crippen LogP contribution in [0.4, 0.5) is 4.39 Å². The second kappa shape index (κ2) is 6.59. The Morgan fingerprint density at radius 1 is 1.15 bits per heavy atom. The normalized spacial score (nSPS) is 10.6. The van der Waals surface area contributed by atoms with E-state index >= 15 is 0 Å². The van der Waals surface area contributed by atoms with Crippen LogP contribution in [0.15, 0.2) is 36.4 Å². The van der Waals surface area contributed by atoms with Gasteiger partial charge in [-0.2, -0.15) is 0 Å². The van der Waals surface area contributed by atoms with Crippen molar-refractivity contribution in [2.24, 2.45) is 0 Å². The molecule has 0 aliphatic heterocycles. The van der Waals surface area contributed by atoms with Crippen molar-refractivity contribution < 1.29 is 14.2 Å². The quantitative estimate of drug-likeness (QED) is 0.887. The highest BCUT2D eigenvalue weighted by Crippen LogP contribution is 2.26. The Labute approximate surface area is 122 Å². The molecule has 0 aliphatic rings. The number of benzene rings is 2. The van der Waals surface area contributed by atoms with E-state index in [0.717, 1.165) is 11.1 Å². The third-order valence-electron chi connectivity index (χ3n) is 2.89. The molecule has 0 saturated carbocycles. The monoisotopic (exact) mass is 295 g/mol. The maximum atomic E-state index is 13.0. The third-order valence-corrected chi connectivity index (χ3v) is 3.18. The molecule has 2 aromatic rings. The molecule has 0 radical (unpaired) electrons. The highest BCUT2D eigenvalue weighted by molar-refractivity contribution is 6.30. The summed E-state index contributed by atoms with van der Waals surface area (Å²) in [4.78, 5) is 0. The molecule has 20 heavy (non-hydrogen) atoms. The molecule has 5 heteroatoms. The number of phenolic OH excluding ortho intramolecular Hbond substituents is 1. The minimum absolute atomic E-state index is 0.108. The van der Waals surface area contributed by atoms with E-state index in [2.05, 4.69) is 5.32 Å². The zero-order valence-electron chi connectivity index (χ0n) is 11.0. The van der Waals surface area contributed by atoms with Crippen LogP contribution in [0.25, 0.3) is 0 Å². The molecule has 0 fully saturated rings. The van der Waals surface area contributed by atoms with E-state index in [1.165, 1.54) is 13.2 Å². The maximum Gasteiger partial charge on any atom is 0.160 e. The fourth-order valence-corrected chi connectivity index (χ4v) is 2.05. The van der Waals surface area contributed by atoms with Gasteiger partial charge < -0.3 is 15.2 Å². The van der Waals surface area contributed by atoms with E-state index in [4.69, 9.17) is 16.3 Å². The van der Waals surface area contributed by atoms with Crippen molar-refractivity contribution in [2.75, 3.05) is 7.11 Å². The smallest absolute Gasteiger partial charge is 0.160 e. The van der Waals surface area contributed by atoms with Crippen LogP contribution in [0.3, 0.4) is 0 Å². The molecule has 0 bridgehead atoms. The van der Waals surface area contributed by atoms with Crippen LogP contribution in [-0.2, 0) is 13.1 Å². The Kier molecular flexibility index (Phi) is 4.82. The number of aromatic hydroxyl groups is 1. The second-order valence-electron chi connectivity index (χ2n) is 4.36. The lowest BCUT2D eigenvalue weighted by atomic mass is 10.2. The fraction of sp³-hybridized carbons (Fsp3) is 0.200. The first-order chi connectivity index (χ1) is 9.60. The van der Waals surface area contributed by atoms with E-state index in [9.17, 15) is 9.50 Å². The summed E-state index contributed by atoms with van der Waals surface area (Å²) in [5.41, 5.74) is 1.82. The number of hydrogen-bond acceptors (Lipinski definition) is 3. The van der Waals surface area contributed by atoms with E-state index in [1.54, 1.807) is 24.3 Å². The fourth-order valence-electron chi connectivity index (χ4n) is 1.85. The number of methoxy groups -OCH3 is 1. The van der Waals surface area contributed by atoms with Gasteiger partial charge in [-0.1, -0.05) is 23.7 Å². The van der Waals surface area contributed by atoms with E-state index in [1.807, 2.05) is 6.07 Å². The van der Waals surface area contributed by atoms with Gasteiger partial charge in [-0.05, 0) is 35.4 Å². The van der Waals surface area contributed by atoms with Crippen molar-refractivity contribution in [3.8, 4) is 11.5 Å². The van der Waals surface area contributed by atoms with Crippen LogP contribution in [0.5, 0.6) is 11.5 Å². The predicted molar refractivity (Wildman–Crippen MR) is 76.6 cm³/mol. The van der Waals surface area contributed by atoms with E-state index < -0.39 is 5.82 Å². The average Bonchev–Trinajstić information content (AvgIpc) is 2.43. The first-order valence-corrected chi connectivity index (χ1v) is 6.48.